The van der Waals surface area contributed by atoms with Gasteiger partial charge in [0, 0.05) is 11.6 Å². The van der Waals surface area contributed by atoms with E-state index in [0.717, 1.165) is 17.5 Å². The average Bonchev–Trinajstić information content (AvgIpc) is 3.10. The van der Waals surface area contributed by atoms with Gasteiger partial charge in [-0.2, -0.15) is 0 Å². The lowest BCUT2D eigenvalue weighted by molar-refractivity contribution is 0.229. The minimum atomic E-state index is -0.0758. The predicted molar refractivity (Wildman–Crippen MR) is 67.2 cm³/mol. The van der Waals surface area contributed by atoms with Gasteiger partial charge >= 0.3 is 0 Å². The maximum absolute atomic E-state index is 11.5. The smallest absolute Gasteiger partial charge is 0.250 e. The van der Waals surface area contributed by atoms with Gasteiger partial charge in [-0.3, -0.25) is 9.78 Å². The van der Waals surface area contributed by atoms with Crippen molar-refractivity contribution in [1.82, 2.24) is 4.98 Å². The fourth-order valence-corrected chi connectivity index (χ4v) is 2.51. The Balaban J connectivity index is 2.16. The number of aromatic nitrogens is 1. The van der Waals surface area contributed by atoms with E-state index in [4.69, 9.17) is 4.74 Å². The first kappa shape index (κ1) is 10.6. The van der Waals surface area contributed by atoms with Gasteiger partial charge in [0.2, 0.25) is 5.88 Å². The third-order valence-corrected chi connectivity index (χ3v) is 3.55. The molecule has 0 aromatic carbocycles. The Morgan fingerprint density at radius 3 is 2.88 bits per heavy atom. The van der Waals surface area contributed by atoms with Gasteiger partial charge in [-0.1, -0.05) is 6.92 Å². The zero-order valence-corrected chi connectivity index (χ0v) is 10.2. The van der Waals surface area contributed by atoms with Gasteiger partial charge in [0.05, 0.1) is 0 Å². The lowest BCUT2D eigenvalue weighted by Crippen LogP contribution is -2.22. The Kier molecular flexibility index (Phi) is 2.35. The van der Waals surface area contributed by atoms with E-state index in [-0.39, 0.29) is 11.7 Å². The van der Waals surface area contributed by atoms with E-state index in [2.05, 4.69) is 18.0 Å². The SMILES string of the molecule is CCC1C=C(C2CC2)c2c(C)cc(=O)[nH]c2O1. The van der Waals surface area contributed by atoms with E-state index < -0.39 is 0 Å². The molecule has 1 aromatic rings. The van der Waals surface area contributed by atoms with Crippen LogP contribution in [0.3, 0.4) is 0 Å². The molecule has 3 rings (SSSR count). The number of aromatic amines is 1. The summed E-state index contributed by atoms with van der Waals surface area (Å²) in [6.07, 6.45) is 5.81. The zero-order valence-electron chi connectivity index (χ0n) is 10.2. The van der Waals surface area contributed by atoms with Gasteiger partial charge in [-0.15, -0.1) is 0 Å². The summed E-state index contributed by atoms with van der Waals surface area (Å²) in [7, 11) is 0. The molecule has 3 nitrogen and oxygen atoms in total. The highest BCUT2D eigenvalue weighted by atomic mass is 16.5. The topological polar surface area (TPSA) is 42.1 Å². The van der Waals surface area contributed by atoms with Crippen LogP contribution in [0.15, 0.2) is 16.9 Å². The van der Waals surface area contributed by atoms with Crippen molar-refractivity contribution in [3.05, 3.63) is 33.6 Å². The highest BCUT2D eigenvalue weighted by Gasteiger charge is 2.33. The Bertz CT molecular complexity index is 538. The van der Waals surface area contributed by atoms with E-state index in [1.807, 2.05) is 6.92 Å². The zero-order chi connectivity index (χ0) is 12.0. The van der Waals surface area contributed by atoms with Crippen molar-refractivity contribution in [3.63, 3.8) is 0 Å². The summed E-state index contributed by atoms with van der Waals surface area (Å²) < 4.78 is 5.82. The van der Waals surface area contributed by atoms with Crippen molar-refractivity contribution in [3.8, 4) is 5.88 Å². The van der Waals surface area contributed by atoms with E-state index in [9.17, 15) is 4.79 Å². The van der Waals surface area contributed by atoms with Crippen molar-refractivity contribution in [2.24, 2.45) is 5.92 Å². The fraction of sp³-hybridized carbons (Fsp3) is 0.500. The van der Waals surface area contributed by atoms with Crippen molar-refractivity contribution in [2.75, 3.05) is 0 Å². The molecule has 0 bridgehead atoms. The van der Waals surface area contributed by atoms with Crippen LogP contribution in [0.4, 0.5) is 0 Å². The summed E-state index contributed by atoms with van der Waals surface area (Å²) in [5.74, 6) is 1.35. The number of fused-ring (bicyclic) bond motifs is 1. The molecule has 3 heteroatoms. The molecule has 0 spiro atoms. The number of hydrogen-bond donors (Lipinski definition) is 1. The monoisotopic (exact) mass is 231 g/mol. The average molecular weight is 231 g/mol. The van der Waals surface area contributed by atoms with Crippen LogP contribution in [0.25, 0.3) is 5.57 Å². The molecule has 2 heterocycles. The Labute approximate surface area is 101 Å². The second kappa shape index (κ2) is 3.76. The summed E-state index contributed by atoms with van der Waals surface area (Å²) in [5.41, 5.74) is 3.45. The normalized spacial score (nSPS) is 22.7. The number of nitrogens with one attached hydrogen (secondary N) is 1. The Hall–Kier alpha value is -1.51. The summed E-state index contributed by atoms with van der Waals surface area (Å²) in [6.45, 7) is 4.09. The maximum atomic E-state index is 11.5. The number of allylic oxidation sites excluding steroid dienone is 1. The van der Waals surface area contributed by atoms with Crippen molar-refractivity contribution < 1.29 is 4.74 Å². The molecule has 0 amide bonds. The first-order chi connectivity index (χ1) is 8.19. The van der Waals surface area contributed by atoms with Crippen LogP contribution in [0.2, 0.25) is 0 Å². The lowest BCUT2D eigenvalue weighted by atomic mass is 9.94. The van der Waals surface area contributed by atoms with Crippen LogP contribution in [0.1, 0.15) is 37.3 Å². The van der Waals surface area contributed by atoms with Gasteiger partial charge in [-0.05, 0) is 49.3 Å². The van der Waals surface area contributed by atoms with E-state index in [0.29, 0.717) is 11.8 Å². The van der Waals surface area contributed by atoms with Crippen LogP contribution in [-0.2, 0) is 0 Å². The Morgan fingerprint density at radius 2 is 2.24 bits per heavy atom. The van der Waals surface area contributed by atoms with Gasteiger partial charge in [0.1, 0.15) is 6.10 Å². The number of pyridine rings is 1. The lowest BCUT2D eigenvalue weighted by Gasteiger charge is -2.25. The van der Waals surface area contributed by atoms with Crippen molar-refractivity contribution in [1.29, 1.82) is 0 Å². The Morgan fingerprint density at radius 1 is 1.47 bits per heavy atom. The third-order valence-electron chi connectivity index (χ3n) is 3.55. The fourth-order valence-electron chi connectivity index (χ4n) is 2.51. The largest absolute Gasteiger partial charge is 0.471 e. The predicted octanol–water partition coefficient (Wildman–Crippen LogP) is 2.65. The van der Waals surface area contributed by atoms with Gasteiger partial charge in [-0.25, -0.2) is 0 Å². The number of hydrogen-bond acceptors (Lipinski definition) is 2. The van der Waals surface area contributed by atoms with E-state index >= 15 is 0 Å². The maximum Gasteiger partial charge on any atom is 0.250 e. The van der Waals surface area contributed by atoms with E-state index in [1.54, 1.807) is 6.07 Å². The van der Waals surface area contributed by atoms with E-state index in [1.165, 1.54) is 18.4 Å². The molecular weight excluding hydrogens is 214 g/mol. The standard InChI is InChI=1S/C14H17NO2/c1-3-10-7-11(9-4-5-9)13-8(2)6-12(16)15-14(13)17-10/h6-7,9-10H,3-5H2,1-2H3,(H,15,16). The van der Waals surface area contributed by atoms with Crippen LogP contribution in [-0.4, -0.2) is 11.1 Å². The molecule has 1 N–H and O–H groups in total. The number of rotatable bonds is 2. The minimum Gasteiger partial charge on any atom is -0.471 e. The molecule has 1 atom stereocenters. The minimum absolute atomic E-state index is 0.0758. The molecule has 1 aliphatic carbocycles. The highest BCUT2D eigenvalue weighted by Crippen LogP contribution is 2.47. The number of ether oxygens (including phenoxy) is 1. The van der Waals surface area contributed by atoms with Gasteiger partial charge in [0.15, 0.2) is 0 Å². The molecule has 1 fully saturated rings. The molecular formula is C14H17NO2. The third kappa shape index (κ3) is 1.79. The highest BCUT2D eigenvalue weighted by molar-refractivity contribution is 5.76. The summed E-state index contributed by atoms with van der Waals surface area (Å²) in [5, 5.41) is 0. The molecule has 0 radical (unpaired) electrons. The first-order valence-electron chi connectivity index (χ1n) is 6.31. The first-order valence-corrected chi connectivity index (χ1v) is 6.31. The molecule has 90 valence electrons. The number of H-pyrrole nitrogens is 1. The van der Waals surface area contributed by atoms with Crippen LogP contribution < -0.4 is 10.3 Å². The summed E-state index contributed by atoms with van der Waals surface area (Å²) in [6, 6.07) is 1.66. The van der Waals surface area contributed by atoms with Crippen LogP contribution in [0.5, 0.6) is 5.88 Å². The second-order valence-electron chi connectivity index (χ2n) is 4.98. The van der Waals surface area contributed by atoms with Crippen molar-refractivity contribution in [2.45, 2.75) is 39.2 Å². The van der Waals surface area contributed by atoms with Gasteiger partial charge < -0.3 is 4.74 Å². The molecule has 2 aliphatic rings. The van der Waals surface area contributed by atoms with Crippen molar-refractivity contribution >= 4 is 5.57 Å². The molecule has 17 heavy (non-hydrogen) atoms. The molecule has 1 aliphatic heterocycles. The molecule has 1 aromatic heterocycles. The van der Waals surface area contributed by atoms with Crippen LogP contribution >= 0.6 is 0 Å². The molecule has 0 saturated heterocycles. The number of aryl methyl sites for hydroxylation is 1. The second-order valence-corrected chi connectivity index (χ2v) is 4.98. The van der Waals surface area contributed by atoms with Crippen LogP contribution in [0, 0.1) is 12.8 Å². The molecule has 1 saturated carbocycles. The molecule has 1 unspecified atom stereocenters. The van der Waals surface area contributed by atoms with Gasteiger partial charge in [0.25, 0.3) is 5.56 Å². The summed E-state index contributed by atoms with van der Waals surface area (Å²) in [4.78, 5) is 14.3. The summed E-state index contributed by atoms with van der Waals surface area (Å²) >= 11 is 0. The quantitative estimate of drug-likeness (QED) is 0.850.